The van der Waals surface area contributed by atoms with Gasteiger partial charge < -0.3 is 19.9 Å². The Morgan fingerprint density at radius 1 is 1.05 bits per heavy atom. The van der Waals surface area contributed by atoms with E-state index in [9.17, 15) is 5.11 Å². The monoisotopic (exact) mass is 301 g/mol. The van der Waals surface area contributed by atoms with Crippen molar-refractivity contribution in [3.63, 3.8) is 0 Å². The van der Waals surface area contributed by atoms with E-state index < -0.39 is 6.10 Å². The van der Waals surface area contributed by atoms with E-state index in [1.54, 1.807) is 14.2 Å². The summed E-state index contributed by atoms with van der Waals surface area (Å²) in [6.07, 6.45) is -0.558. The fraction of sp³-hybridized carbons (Fsp3) is 0.333. The van der Waals surface area contributed by atoms with Crippen LogP contribution in [0.1, 0.15) is 24.2 Å². The van der Waals surface area contributed by atoms with Crippen LogP contribution in [0.5, 0.6) is 11.5 Å². The van der Waals surface area contributed by atoms with E-state index in [0.717, 1.165) is 22.6 Å². The van der Waals surface area contributed by atoms with Crippen LogP contribution in [0.4, 0.5) is 0 Å². The largest absolute Gasteiger partial charge is 0.497 e. The van der Waals surface area contributed by atoms with Gasteiger partial charge in [-0.2, -0.15) is 0 Å². The van der Waals surface area contributed by atoms with E-state index in [1.165, 1.54) is 0 Å². The molecule has 0 bridgehead atoms. The quantitative estimate of drug-likeness (QED) is 0.825. The Morgan fingerprint density at radius 2 is 1.77 bits per heavy atom. The number of aliphatic hydroxyl groups is 1. The van der Waals surface area contributed by atoms with Gasteiger partial charge in [0.2, 0.25) is 0 Å². The van der Waals surface area contributed by atoms with Crippen molar-refractivity contribution in [1.29, 1.82) is 0 Å². The maximum absolute atomic E-state index is 10.4. The highest BCUT2D eigenvalue weighted by Crippen LogP contribution is 2.24. The summed E-state index contributed by atoms with van der Waals surface area (Å²) < 4.78 is 10.6. The Kier molecular flexibility index (Phi) is 5.81. The second kappa shape index (κ2) is 7.82. The molecule has 0 fully saturated rings. The summed E-state index contributed by atoms with van der Waals surface area (Å²) >= 11 is 0. The number of hydrogen-bond donors (Lipinski definition) is 2. The van der Waals surface area contributed by atoms with Gasteiger partial charge in [0.05, 0.1) is 20.3 Å². The van der Waals surface area contributed by atoms with Gasteiger partial charge in [-0.25, -0.2) is 0 Å². The van der Waals surface area contributed by atoms with Crippen LogP contribution in [0.15, 0.2) is 48.5 Å². The lowest BCUT2D eigenvalue weighted by molar-refractivity contribution is 0.135. The van der Waals surface area contributed by atoms with Gasteiger partial charge in [-0.3, -0.25) is 0 Å². The van der Waals surface area contributed by atoms with Gasteiger partial charge in [-0.05, 0) is 30.7 Å². The standard InChI is InChI=1S/C18H23NO3/c1-13(18(20)14-7-5-4-6-8-14)19-12-15-11-16(21-2)9-10-17(15)22-3/h4-11,13,18-20H,12H2,1-3H3/t13-,18-/m0/s1. The van der Waals surface area contributed by atoms with Crippen molar-refractivity contribution in [1.82, 2.24) is 5.32 Å². The summed E-state index contributed by atoms with van der Waals surface area (Å²) in [6.45, 7) is 2.55. The minimum atomic E-state index is -0.558. The van der Waals surface area contributed by atoms with Crippen LogP contribution >= 0.6 is 0 Å². The molecule has 0 saturated heterocycles. The summed E-state index contributed by atoms with van der Waals surface area (Å²) in [7, 11) is 3.29. The average molecular weight is 301 g/mol. The van der Waals surface area contributed by atoms with E-state index in [-0.39, 0.29) is 6.04 Å². The summed E-state index contributed by atoms with van der Waals surface area (Å²) in [5, 5.41) is 13.7. The van der Waals surface area contributed by atoms with E-state index in [4.69, 9.17) is 9.47 Å². The average Bonchev–Trinajstić information content (AvgIpc) is 2.59. The Labute approximate surface area is 131 Å². The predicted octanol–water partition coefficient (Wildman–Crippen LogP) is 2.92. The highest BCUT2D eigenvalue weighted by atomic mass is 16.5. The van der Waals surface area contributed by atoms with Crippen molar-refractivity contribution >= 4 is 0 Å². The Bertz CT molecular complexity index is 586. The molecule has 118 valence electrons. The molecule has 0 aliphatic carbocycles. The van der Waals surface area contributed by atoms with Crippen molar-refractivity contribution in [2.24, 2.45) is 0 Å². The van der Waals surface area contributed by atoms with Gasteiger partial charge in [0.15, 0.2) is 0 Å². The number of nitrogens with one attached hydrogen (secondary N) is 1. The molecule has 0 spiro atoms. The molecule has 22 heavy (non-hydrogen) atoms. The lowest BCUT2D eigenvalue weighted by Gasteiger charge is -2.21. The van der Waals surface area contributed by atoms with E-state index >= 15 is 0 Å². The van der Waals surface area contributed by atoms with Crippen molar-refractivity contribution in [2.75, 3.05) is 14.2 Å². The van der Waals surface area contributed by atoms with Crippen molar-refractivity contribution in [3.8, 4) is 11.5 Å². The Morgan fingerprint density at radius 3 is 2.41 bits per heavy atom. The predicted molar refractivity (Wildman–Crippen MR) is 87.2 cm³/mol. The van der Waals surface area contributed by atoms with Gasteiger partial charge in [-0.1, -0.05) is 30.3 Å². The van der Waals surface area contributed by atoms with Gasteiger partial charge >= 0.3 is 0 Å². The molecule has 2 rings (SSSR count). The smallest absolute Gasteiger partial charge is 0.123 e. The molecular formula is C18H23NO3. The van der Waals surface area contributed by atoms with Crippen LogP contribution < -0.4 is 14.8 Å². The third-order valence-electron chi connectivity index (χ3n) is 3.72. The van der Waals surface area contributed by atoms with Crippen LogP contribution in [-0.4, -0.2) is 25.4 Å². The number of rotatable bonds is 7. The molecule has 0 heterocycles. The second-order valence-corrected chi connectivity index (χ2v) is 5.20. The maximum atomic E-state index is 10.4. The van der Waals surface area contributed by atoms with Crippen molar-refractivity contribution in [3.05, 3.63) is 59.7 Å². The SMILES string of the molecule is COc1ccc(OC)c(CN[C@@H](C)[C@H](O)c2ccccc2)c1. The highest BCUT2D eigenvalue weighted by Gasteiger charge is 2.16. The minimum Gasteiger partial charge on any atom is -0.497 e. The maximum Gasteiger partial charge on any atom is 0.123 e. The molecule has 2 aromatic rings. The third-order valence-corrected chi connectivity index (χ3v) is 3.72. The van der Waals surface area contributed by atoms with E-state index in [1.807, 2.05) is 55.5 Å². The number of methoxy groups -OCH3 is 2. The first-order valence-electron chi connectivity index (χ1n) is 7.33. The van der Waals surface area contributed by atoms with Gasteiger partial charge in [0.25, 0.3) is 0 Å². The Hall–Kier alpha value is -2.04. The summed E-state index contributed by atoms with van der Waals surface area (Å²) in [5.74, 6) is 1.59. The van der Waals surface area contributed by atoms with Crippen LogP contribution in [0.3, 0.4) is 0 Å². The van der Waals surface area contributed by atoms with Crippen LogP contribution in [0.25, 0.3) is 0 Å². The molecule has 0 aliphatic heterocycles. The molecule has 4 heteroatoms. The zero-order valence-corrected chi connectivity index (χ0v) is 13.2. The lowest BCUT2D eigenvalue weighted by Crippen LogP contribution is -2.31. The second-order valence-electron chi connectivity index (χ2n) is 5.20. The van der Waals surface area contributed by atoms with Gasteiger partial charge in [-0.15, -0.1) is 0 Å². The zero-order chi connectivity index (χ0) is 15.9. The summed E-state index contributed by atoms with van der Waals surface area (Å²) in [5.41, 5.74) is 1.90. The Balaban J connectivity index is 2.03. The third kappa shape index (κ3) is 4.00. The molecule has 0 radical (unpaired) electrons. The molecule has 0 unspecified atom stereocenters. The highest BCUT2D eigenvalue weighted by molar-refractivity contribution is 5.40. The zero-order valence-electron chi connectivity index (χ0n) is 13.2. The molecule has 0 saturated carbocycles. The van der Waals surface area contributed by atoms with Crippen LogP contribution in [-0.2, 0) is 6.54 Å². The first kappa shape index (κ1) is 16.3. The van der Waals surface area contributed by atoms with Crippen LogP contribution in [0, 0.1) is 0 Å². The first-order valence-corrected chi connectivity index (χ1v) is 7.33. The number of aliphatic hydroxyl groups excluding tert-OH is 1. The number of ether oxygens (including phenoxy) is 2. The summed E-state index contributed by atoms with van der Waals surface area (Å²) in [6, 6.07) is 15.2. The molecule has 4 nitrogen and oxygen atoms in total. The summed E-state index contributed by atoms with van der Waals surface area (Å²) in [4.78, 5) is 0. The minimum absolute atomic E-state index is 0.0849. The fourth-order valence-corrected chi connectivity index (χ4v) is 2.34. The molecular weight excluding hydrogens is 278 g/mol. The fourth-order valence-electron chi connectivity index (χ4n) is 2.34. The van der Waals surface area contributed by atoms with Gasteiger partial charge in [0, 0.05) is 18.2 Å². The van der Waals surface area contributed by atoms with Crippen LogP contribution in [0.2, 0.25) is 0 Å². The molecule has 2 aromatic carbocycles. The van der Waals surface area contributed by atoms with Gasteiger partial charge in [0.1, 0.15) is 11.5 Å². The topological polar surface area (TPSA) is 50.7 Å². The van der Waals surface area contributed by atoms with Crippen molar-refractivity contribution in [2.45, 2.75) is 25.6 Å². The van der Waals surface area contributed by atoms with E-state index in [2.05, 4.69) is 5.32 Å². The lowest BCUT2D eigenvalue weighted by atomic mass is 10.0. The molecule has 0 aliphatic rings. The normalized spacial score (nSPS) is 13.5. The molecule has 2 atom stereocenters. The molecule has 0 aromatic heterocycles. The molecule has 0 amide bonds. The van der Waals surface area contributed by atoms with Crippen molar-refractivity contribution < 1.29 is 14.6 Å². The van der Waals surface area contributed by atoms with E-state index in [0.29, 0.717) is 6.54 Å². The molecule has 2 N–H and O–H groups in total. The number of benzene rings is 2. The first-order chi connectivity index (χ1) is 10.7. The number of hydrogen-bond acceptors (Lipinski definition) is 4.